The molecule has 1 aliphatic rings. The number of anilines is 2. The van der Waals surface area contributed by atoms with E-state index in [2.05, 4.69) is 10.6 Å². The molecular weight excluding hydrogens is 446 g/mol. The van der Waals surface area contributed by atoms with Gasteiger partial charge in [-0.05, 0) is 36.2 Å². The average Bonchev–Trinajstić information content (AvgIpc) is 3.00. The van der Waals surface area contributed by atoms with Gasteiger partial charge in [-0.1, -0.05) is 60.7 Å². The van der Waals surface area contributed by atoms with Crippen LogP contribution in [-0.4, -0.2) is 34.8 Å². The lowest BCUT2D eigenvalue weighted by atomic mass is 10.00. The highest BCUT2D eigenvalue weighted by atomic mass is 16.4. The number of carbonyl (C=O) groups is 4. The molecule has 3 aromatic rings. The van der Waals surface area contributed by atoms with Crippen LogP contribution in [0, 0.1) is 0 Å². The van der Waals surface area contributed by atoms with Gasteiger partial charge in [-0.3, -0.25) is 19.2 Å². The molecule has 0 saturated heterocycles. The number of nitrogens with zero attached hydrogens (tertiary/aromatic N) is 1. The zero-order valence-electron chi connectivity index (χ0n) is 19.1. The topological polar surface area (TPSA) is 116 Å². The third-order valence-electron chi connectivity index (χ3n) is 5.85. The van der Waals surface area contributed by atoms with E-state index in [0.717, 1.165) is 11.1 Å². The highest BCUT2D eigenvalue weighted by Gasteiger charge is 2.34. The van der Waals surface area contributed by atoms with Gasteiger partial charge in [0.05, 0.1) is 30.3 Å². The Hall–Kier alpha value is -4.46. The molecule has 0 spiro atoms. The predicted octanol–water partition coefficient (Wildman–Crippen LogP) is 3.55. The second-order valence-electron chi connectivity index (χ2n) is 8.37. The number of carbonyl (C=O) groups excluding carboxylic acids is 3. The minimum Gasteiger partial charge on any atom is -0.480 e. The van der Waals surface area contributed by atoms with Crippen LogP contribution in [0.5, 0.6) is 0 Å². The van der Waals surface area contributed by atoms with Gasteiger partial charge in [-0.15, -0.1) is 0 Å². The summed E-state index contributed by atoms with van der Waals surface area (Å²) in [6.07, 6.45) is 0.174. The van der Waals surface area contributed by atoms with Crippen LogP contribution in [0.1, 0.15) is 40.9 Å². The summed E-state index contributed by atoms with van der Waals surface area (Å²) >= 11 is 0. The summed E-state index contributed by atoms with van der Waals surface area (Å²) in [5.74, 6) is -2.25. The highest BCUT2D eigenvalue weighted by Crippen LogP contribution is 2.39. The Kier molecular flexibility index (Phi) is 6.91. The van der Waals surface area contributed by atoms with Crippen molar-refractivity contribution < 1.29 is 24.3 Å². The van der Waals surface area contributed by atoms with Gasteiger partial charge < -0.3 is 20.6 Å². The largest absolute Gasteiger partial charge is 0.480 e. The van der Waals surface area contributed by atoms with E-state index in [9.17, 15) is 19.2 Å². The van der Waals surface area contributed by atoms with Gasteiger partial charge in [0.2, 0.25) is 11.8 Å². The van der Waals surface area contributed by atoms with Gasteiger partial charge in [0.1, 0.15) is 6.04 Å². The number of fused-ring (bicyclic) bond motifs is 1. The summed E-state index contributed by atoms with van der Waals surface area (Å²) in [5, 5.41) is 14.3. The fourth-order valence-electron chi connectivity index (χ4n) is 4.07. The zero-order chi connectivity index (χ0) is 24.9. The first-order valence-electron chi connectivity index (χ1n) is 11.2. The molecule has 2 atom stereocenters. The minimum absolute atomic E-state index is 0.0385. The van der Waals surface area contributed by atoms with Crippen LogP contribution in [0.2, 0.25) is 0 Å². The molecule has 0 radical (unpaired) electrons. The first kappa shape index (κ1) is 23.7. The number of benzene rings is 3. The molecule has 3 amide bonds. The van der Waals surface area contributed by atoms with Crippen molar-refractivity contribution in [2.75, 3.05) is 10.2 Å². The van der Waals surface area contributed by atoms with E-state index in [0.29, 0.717) is 11.4 Å². The van der Waals surface area contributed by atoms with Crippen molar-refractivity contribution in [2.45, 2.75) is 31.8 Å². The van der Waals surface area contributed by atoms with Crippen molar-refractivity contribution in [3.8, 4) is 0 Å². The Balaban J connectivity index is 1.75. The molecule has 0 bridgehead atoms. The minimum atomic E-state index is -1.16. The zero-order valence-corrected chi connectivity index (χ0v) is 19.1. The monoisotopic (exact) mass is 471 g/mol. The van der Waals surface area contributed by atoms with Crippen molar-refractivity contribution in [1.29, 1.82) is 0 Å². The van der Waals surface area contributed by atoms with Gasteiger partial charge in [0.25, 0.3) is 5.91 Å². The molecule has 8 heteroatoms. The van der Waals surface area contributed by atoms with Crippen LogP contribution in [0.4, 0.5) is 11.4 Å². The standard InChI is InChI=1S/C27H25N3O5/c1-17(27(34)35)28-26(33)20-12-13-22-21(15-20)29-24(31)16-23(19-10-6-3-7-11-19)30(22)25(32)14-18-8-4-2-5-9-18/h2-13,15,17,23H,14,16H2,1H3,(H,28,33)(H,29,31)(H,34,35). The number of aliphatic carboxylic acids is 1. The lowest BCUT2D eigenvalue weighted by molar-refractivity contribution is -0.138. The van der Waals surface area contributed by atoms with Gasteiger partial charge in [-0.2, -0.15) is 0 Å². The van der Waals surface area contributed by atoms with Crippen LogP contribution in [0.3, 0.4) is 0 Å². The molecule has 0 aliphatic carbocycles. The van der Waals surface area contributed by atoms with Gasteiger partial charge in [0, 0.05) is 5.56 Å². The maximum atomic E-state index is 13.7. The normalized spacial score (nSPS) is 15.9. The first-order valence-corrected chi connectivity index (χ1v) is 11.2. The maximum Gasteiger partial charge on any atom is 0.325 e. The highest BCUT2D eigenvalue weighted by molar-refractivity contribution is 6.07. The Labute approximate surface area is 202 Å². The van der Waals surface area contributed by atoms with Crippen molar-refractivity contribution in [2.24, 2.45) is 0 Å². The van der Waals surface area contributed by atoms with Crippen molar-refractivity contribution in [3.63, 3.8) is 0 Å². The molecule has 178 valence electrons. The van der Waals surface area contributed by atoms with E-state index in [4.69, 9.17) is 5.11 Å². The molecule has 1 heterocycles. The van der Waals surface area contributed by atoms with E-state index in [1.54, 1.807) is 11.0 Å². The second-order valence-corrected chi connectivity index (χ2v) is 8.37. The summed E-state index contributed by atoms with van der Waals surface area (Å²) < 4.78 is 0. The molecule has 3 N–H and O–H groups in total. The predicted molar refractivity (Wildman–Crippen MR) is 131 cm³/mol. The summed E-state index contributed by atoms with van der Waals surface area (Å²) in [7, 11) is 0. The van der Waals surface area contributed by atoms with Gasteiger partial charge in [-0.25, -0.2) is 0 Å². The fourth-order valence-corrected chi connectivity index (χ4v) is 4.07. The average molecular weight is 472 g/mol. The molecule has 1 aliphatic heterocycles. The Morgan fingerprint density at radius 3 is 2.34 bits per heavy atom. The van der Waals surface area contributed by atoms with E-state index >= 15 is 0 Å². The van der Waals surface area contributed by atoms with Crippen LogP contribution >= 0.6 is 0 Å². The Morgan fingerprint density at radius 2 is 1.69 bits per heavy atom. The smallest absolute Gasteiger partial charge is 0.325 e. The maximum absolute atomic E-state index is 13.7. The molecule has 0 saturated carbocycles. The number of carboxylic acids is 1. The fraction of sp³-hybridized carbons (Fsp3) is 0.185. The number of nitrogens with one attached hydrogen (secondary N) is 2. The number of carboxylic acid groups (broad SMARTS) is 1. The van der Waals surface area contributed by atoms with E-state index in [1.807, 2.05) is 60.7 Å². The molecule has 0 fully saturated rings. The second kappa shape index (κ2) is 10.2. The summed E-state index contributed by atoms with van der Waals surface area (Å²) in [6.45, 7) is 1.36. The van der Waals surface area contributed by atoms with Crippen LogP contribution in [-0.2, 0) is 20.8 Å². The van der Waals surface area contributed by atoms with Crippen LogP contribution in [0.25, 0.3) is 0 Å². The summed E-state index contributed by atoms with van der Waals surface area (Å²) in [6, 6.07) is 21.6. The summed E-state index contributed by atoms with van der Waals surface area (Å²) in [4.78, 5) is 51.8. The quantitative estimate of drug-likeness (QED) is 0.509. The molecular formula is C27H25N3O5. The van der Waals surface area contributed by atoms with Crippen LogP contribution < -0.4 is 15.5 Å². The van der Waals surface area contributed by atoms with Crippen molar-refractivity contribution in [1.82, 2.24) is 5.32 Å². The number of hydrogen-bond acceptors (Lipinski definition) is 4. The van der Waals surface area contributed by atoms with E-state index in [-0.39, 0.29) is 30.2 Å². The molecule has 4 rings (SSSR count). The third kappa shape index (κ3) is 5.38. The molecule has 35 heavy (non-hydrogen) atoms. The molecule has 2 unspecified atom stereocenters. The van der Waals surface area contributed by atoms with E-state index < -0.39 is 24.0 Å². The van der Waals surface area contributed by atoms with Crippen LogP contribution in [0.15, 0.2) is 78.9 Å². The van der Waals surface area contributed by atoms with E-state index in [1.165, 1.54) is 19.1 Å². The number of hydrogen-bond donors (Lipinski definition) is 3. The SMILES string of the molecule is CC(NC(=O)c1ccc2c(c1)NC(=O)CC(c1ccccc1)N2C(=O)Cc1ccccc1)C(=O)O. The first-order chi connectivity index (χ1) is 16.8. The molecule has 3 aromatic carbocycles. The lowest BCUT2D eigenvalue weighted by Gasteiger charge is -2.31. The number of rotatable bonds is 6. The Morgan fingerprint density at radius 1 is 1.03 bits per heavy atom. The van der Waals surface area contributed by atoms with Crippen molar-refractivity contribution >= 4 is 35.1 Å². The Bertz CT molecular complexity index is 1260. The van der Waals surface area contributed by atoms with Crippen molar-refractivity contribution in [3.05, 3.63) is 95.6 Å². The third-order valence-corrected chi connectivity index (χ3v) is 5.85. The molecule has 0 aromatic heterocycles. The summed E-state index contributed by atoms with van der Waals surface area (Å²) in [5.41, 5.74) is 2.60. The van der Waals surface area contributed by atoms with Gasteiger partial charge in [0.15, 0.2) is 0 Å². The molecule has 8 nitrogen and oxygen atoms in total. The lowest BCUT2D eigenvalue weighted by Crippen LogP contribution is -2.38. The van der Waals surface area contributed by atoms with Gasteiger partial charge >= 0.3 is 5.97 Å². The number of amides is 3.